The first kappa shape index (κ1) is 20.4. The van der Waals surface area contributed by atoms with Crippen LogP contribution in [0.15, 0.2) is 50.5 Å². The van der Waals surface area contributed by atoms with Crippen molar-refractivity contribution >= 4 is 49.3 Å². The molecule has 1 atom stereocenters. The highest BCUT2D eigenvalue weighted by atomic mass is 79.9. The second kappa shape index (κ2) is 8.89. The van der Waals surface area contributed by atoms with Crippen LogP contribution in [0.1, 0.15) is 25.1 Å². The molecule has 29 heavy (non-hydrogen) atoms. The maximum absolute atomic E-state index is 6.34. The average molecular weight is 538 g/mol. The molecule has 2 aromatic carbocycles. The van der Waals surface area contributed by atoms with Crippen molar-refractivity contribution in [3.05, 3.63) is 50.9 Å². The maximum atomic E-state index is 6.34. The van der Waals surface area contributed by atoms with Gasteiger partial charge in [0.25, 0.3) is 0 Å². The number of nitrogens with zero attached hydrogens (tertiary/aromatic N) is 3. The van der Waals surface area contributed by atoms with Crippen molar-refractivity contribution in [1.29, 1.82) is 0 Å². The van der Waals surface area contributed by atoms with Crippen LogP contribution in [0.3, 0.4) is 0 Å². The van der Waals surface area contributed by atoms with Gasteiger partial charge in [-0.3, -0.25) is 0 Å². The number of anilines is 1. The quantitative estimate of drug-likeness (QED) is 0.395. The van der Waals surface area contributed by atoms with Crippen LogP contribution in [0.5, 0.6) is 11.6 Å². The van der Waals surface area contributed by atoms with Crippen LogP contribution < -0.4 is 14.8 Å². The molecule has 1 unspecified atom stereocenters. The number of halogens is 2. The number of hydrogen-bond donors (Lipinski definition) is 1. The van der Waals surface area contributed by atoms with Crippen LogP contribution in [0.25, 0.3) is 11.3 Å². The Morgan fingerprint density at radius 2 is 2.03 bits per heavy atom. The average Bonchev–Trinajstić information content (AvgIpc) is 2.88. The van der Waals surface area contributed by atoms with Gasteiger partial charge in [-0.1, -0.05) is 52.8 Å². The van der Waals surface area contributed by atoms with Crippen molar-refractivity contribution in [1.82, 2.24) is 15.2 Å². The lowest BCUT2D eigenvalue weighted by Crippen LogP contribution is -2.18. The molecule has 1 N–H and O–H groups in total. The highest BCUT2D eigenvalue weighted by molar-refractivity contribution is 9.11. The van der Waals surface area contributed by atoms with Crippen LogP contribution in [0, 0.1) is 0 Å². The Hall–Kier alpha value is -1.84. The second-order valence-corrected chi connectivity index (χ2v) is 9.13. The lowest BCUT2D eigenvalue weighted by atomic mass is 10.1. The van der Waals surface area contributed by atoms with Crippen molar-refractivity contribution < 1.29 is 9.47 Å². The van der Waals surface area contributed by atoms with Crippen LogP contribution in [-0.4, -0.2) is 28.0 Å². The van der Waals surface area contributed by atoms with Crippen LogP contribution in [-0.2, 0) is 0 Å². The first-order chi connectivity index (χ1) is 14.1. The lowest BCUT2D eigenvalue weighted by Gasteiger charge is -2.22. The Labute approximate surface area is 190 Å². The zero-order valence-electron chi connectivity index (χ0n) is 15.8. The number of thioether (sulfide) groups is 1. The predicted molar refractivity (Wildman–Crippen MR) is 122 cm³/mol. The largest absolute Gasteiger partial charge is 0.495 e. The fourth-order valence-corrected chi connectivity index (χ4v) is 5.09. The molecular weight excluding hydrogens is 520 g/mol. The molecule has 0 spiro atoms. The molecule has 1 aliphatic rings. The number of nitrogens with one attached hydrogen (secondary N) is 1. The normalized spacial score (nSPS) is 14.8. The molecular formula is C20H18Br2N4O2S. The van der Waals surface area contributed by atoms with Crippen molar-refractivity contribution in [2.45, 2.75) is 24.7 Å². The Kier molecular flexibility index (Phi) is 6.26. The summed E-state index contributed by atoms with van der Waals surface area (Å²) in [7, 11) is 1.64. The van der Waals surface area contributed by atoms with Gasteiger partial charge in [0.15, 0.2) is 5.69 Å². The number of aromatic nitrogens is 3. The monoisotopic (exact) mass is 536 g/mol. The van der Waals surface area contributed by atoms with Crippen molar-refractivity contribution in [2.24, 2.45) is 0 Å². The predicted octanol–water partition coefficient (Wildman–Crippen LogP) is 6.08. The highest BCUT2D eigenvalue weighted by Gasteiger charge is 2.28. The number of methoxy groups -OCH3 is 1. The highest BCUT2D eigenvalue weighted by Crippen LogP contribution is 2.43. The first-order valence-corrected chi connectivity index (χ1v) is 11.6. The minimum Gasteiger partial charge on any atom is -0.495 e. The summed E-state index contributed by atoms with van der Waals surface area (Å²) in [4.78, 5) is 4.65. The van der Waals surface area contributed by atoms with Gasteiger partial charge in [-0.15, -0.1) is 10.2 Å². The van der Waals surface area contributed by atoms with Gasteiger partial charge in [0, 0.05) is 21.5 Å². The van der Waals surface area contributed by atoms with Gasteiger partial charge in [-0.2, -0.15) is 4.98 Å². The van der Waals surface area contributed by atoms with Gasteiger partial charge < -0.3 is 14.8 Å². The summed E-state index contributed by atoms with van der Waals surface area (Å²) in [6.45, 7) is 2.12. The topological polar surface area (TPSA) is 69.2 Å². The summed E-state index contributed by atoms with van der Waals surface area (Å²) in [6, 6.07) is 11.8. The zero-order chi connectivity index (χ0) is 20.4. The third-order valence-corrected chi connectivity index (χ3v) is 6.38. The Balaban J connectivity index is 1.84. The fourth-order valence-electron chi connectivity index (χ4n) is 3.03. The molecule has 0 bridgehead atoms. The summed E-state index contributed by atoms with van der Waals surface area (Å²) in [5, 5.41) is 12.8. The number of ether oxygens (including phenoxy) is 2. The molecule has 6 nitrogen and oxygen atoms in total. The number of para-hydroxylation sites is 1. The summed E-state index contributed by atoms with van der Waals surface area (Å²) in [6.07, 6.45) is 0.504. The minimum absolute atomic E-state index is 0.444. The van der Waals surface area contributed by atoms with Crippen molar-refractivity contribution in [2.75, 3.05) is 18.2 Å². The molecule has 2 heterocycles. The second-order valence-electron chi connectivity index (χ2n) is 6.29. The molecule has 0 amide bonds. The zero-order valence-corrected chi connectivity index (χ0v) is 19.8. The molecule has 4 rings (SSSR count). The molecule has 9 heteroatoms. The van der Waals surface area contributed by atoms with Gasteiger partial charge in [-0.25, -0.2) is 0 Å². The molecule has 3 aromatic rings. The standard InChI is InChI=1S/C20H18Br2N4O2S/c1-3-8-29-20-24-19-16(25-26-20)12-6-4-5-7-15(12)23-18(28-19)13-9-11(21)10-14(22)17(13)27-2/h4-7,9-10,18,23H,3,8H2,1-2H3. The minimum atomic E-state index is -0.526. The van der Waals surface area contributed by atoms with E-state index in [-0.39, 0.29) is 0 Å². The molecule has 1 aliphatic heterocycles. The van der Waals surface area contributed by atoms with Gasteiger partial charge >= 0.3 is 0 Å². The summed E-state index contributed by atoms with van der Waals surface area (Å²) in [5.41, 5.74) is 3.23. The first-order valence-electron chi connectivity index (χ1n) is 9.03. The number of rotatable bonds is 5. The number of hydrogen-bond acceptors (Lipinski definition) is 7. The van der Waals surface area contributed by atoms with Gasteiger partial charge in [0.2, 0.25) is 17.3 Å². The Morgan fingerprint density at radius 3 is 2.83 bits per heavy atom. The van der Waals surface area contributed by atoms with E-state index in [2.05, 4.69) is 59.3 Å². The SMILES string of the molecule is CCCSc1nnc2c(n1)OC(c1cc(Br)cc(Br)c1OC)Nc1ccccc1-2. The van der Waals surface area contributed by atoms with E-state index in [1.807, 2.05) is 36.4 Å². The van der Waals surface area contributed by atoms with E-state index in [0.717, 1.165) is 37.9 Å². The molecule has 0 saturated heterocycles. The molecule has 1 aromatic heterocycles. The summed E-state index contributed by atoms with van der Waals surface area (Å²) < 4.78 is 13.7. The van der Waals surface area contributed by atoms with E-state index < -0.39 is 6.23 Å². The Bertz CT molecular complexity index is 1050. The van der Waals surface area contributed by atoms with E-state index >= 15 is 0 Å². The number of benzene rings is 2. The smallest absolute Gasteiger partial charge is 0.247 e. The van der Waals surface area contributed by atoms with Crippen molar-refractivity contribution in [3.63, 3.8) is 0 Å². The van der Waals surface area contributed by atoms with E-state index in [4.69, 9.17) is 9.47 Å². The lowest BCUT2D eigenvalue weighted by molar-refractivity contribution is 0.219. The summed E-state index contributed by atoms with van der Waals surface area (Å²) in [5.74, 6) is 2.05. The molecule has 150 valence electrons. The fraction of sp³-hybridized carbons (Fsp3) is 0.250. The van der Waals surface area contributed by atoms with Crippen LogP contribution in [0.4, 0.5) is 5.69 Å². The van der Waals surface area contributed by atoms with Crippen LogP contribution in [0.2, 0.25) is 0 Å². The third-order valence-electron chi connectivity index (χ3n) is 4.29. The van der Waals surface area contributed by atoms with Gasteiger partial charge in [0.05, 0.1) is 17.1 Å². The van der Waals surface area contributed by atoms with Gasteiger partial charge in [-0.05, 0) is 40.5 Å². The molecule has 0 fully saturated rings. The third kappa shape index (κ3) is 4.22. The van der Waals surface area contributed by atoms with Crippen molar-refractivity contribution in [3.8, 4) is 22.9 Å². The van der Waals surface area contributed by atoms with Gasteiger partial charge in [0.1, 0.15) is 5.75 Å². The maximum Gasteiger partial charge on any atom is 0.247 e. The molecule has 0 saturated carbocycles. The van der Waals surface area contributed by atoms with E-state index in [1.165, 1.54) is 0 Å². The van der Waals surface area contributed by atoms with E-state index in [0.29, 0.717) is 22.5 Å². The summed E-state index contributed by atoms with van der Waals surface area (Å²) >= 11 is 8.69. The molecule has 0 radical (unpaired) electrons. The number of fused-ring (bicyclic) bond motifs is 3. The van der Waals surface area contributed by atoms with E-state index in [1.54, 1.807) is 18.9 Å². The molecule has 0 aliphatic carbocycles. The Morgan fingerprint density at radius 1 is 1.21 bits per heavy atom. The van der Waals surface area contributed by atoms with E-state index in [9.17, 15) is 0 Å². The van der Waals surface area contributed by atoms with Crippen LogP contribution >= 0.6 is 43.6 Å².